The zero-order valence-electron chi connectivity index (χ0n) is 13.6. The number of benzene rings is 1. The molecule has 0 aliphatic carbocycles. The summed E-state index contributed by atoms with van der Waals surface area (Å²) in [6, 6.07) is 9.18. The molecule has 2 heterocycles. The molecule has 2 N–H and O–H groups in total. The molecule has 1 saturated heterocycles. The van der Waals surface area contributed by atoms with Gasteiger partial charge in [-0.05, 0) is 31.9 Å². The quantitative estimate of drug-likeness (QED) is 0.811. The molecule has 1 amide bonds. The minimum absolute atomic E-state index is 0.126. The number of carbonyl (C=O) groups excluding carboxylic acids is 1. The van der Waals surface area contributed by atoms with E-state index < -0.39 is 0 Å². The summed E-state index contributed by atoms with van der Waals surface area (Å²) in [4.78, 5) is 11.9. The Balaban J connectivity index is 1.46. The van der Waals surface area contributed by atoms with Crippen LogP contribution in [-0.2, 0) is 9.53 Å². The van der Waals surface area contributed by atoms with Crippen molar-refractivity contribution in [2.45, 2.75) is 25.9 Å². The number of nitrogens with zero attached hydrogens (tertiary/aromatic N) is 1. The highest BCUT2D eigenvalue weighted by atomic mass is 16.5. The van der Waals surface area contributed by atoms with Gasteiger partial charge in [-0.25, -0.2) is 0 Å². The number of aryl methyl sites for hydroxylation is 1. The van der Waals surface area contributed by atoms with E-state index in [0.717, 1.165) is 30.9 Å². The molecule has 1 aromatic heterocycles. The fourth-order valence-corrected chi connectivity index (χ4v) is 2.46. The van der Waals surface area contributed by atoms with Crippen molar-refractivity contribution >= 4 is 17.4 Å². The fraction of sp³-hybridized carbons (Fsp3) is 0.412. The van der Waals surface area contributed by atoms with Crippen molar-refractivity contribution in [1.82, 2.24) is 5.16 Å². The SMILES string of the molecule is Cc1cc(NC(=O)CNc2cccc(OCC3CCCO3)c2)no1. The number of ether oxygens (including phenoxy) is 2. The third kappa shape index (κ3) is 4.73. The lowest BCUT2D eigenvalue weighted by Crippen LogP contribution is -2.22. The Bertz CT molecular complexity index is 680. The first kappa shape index (κ1) is 16.3. The van der Waals surface area contributed by atoms with E-state index in [2.05, 4.69) is 15.8 Å². The summed E-state index contributed by atoms with van der Waals surface area (Å²) < 4.78 is 16.2. The van der Waals surface area contributed by atoms with Crippen LogP contribution in [0, 0.1) is 6.92 Å². The molecule has 2 aromatic rings. The molecule has 128 valence electrons. The number of carbonyl (C=O) groups is 1. The highest BCUT2D eigenvalue weighted by Gasteiger charge is 2.16. The van der Waals surface area contributed by atoms with Gasteiger partial charge in [0.1, 0.15) is 18.1 Å². The molecule has 1 aromatic carbocycles. The molecule has 0 bridgehead atoms. The summed E-state index contributed by atoms with van der Waals surface area (Å²) in [5, 5.41) is 9.43. The van der Waals surface area contributed by atoms with Crippen LogP contribution in [0.4, 0.5) is 11.5 Å². The van der Waals surface area contributed by atoms with Crippen molar-refractivity contribution in [2.24, 2.45) is 0 Å². The molecule has 1 atom stereocenters. The normalized spacial score (nSPS) is 16.8. The van der Waals surface area contributed by atoms with Gasteiger partial charge >= 0.3 is 0 Å². The highest BCUT2D eigenvalue weighted by Crippen LogP contribution is 2.19. The summed E-state index contributed by atoms with van der Waals surface area (Å²) in [5.41, 5.74) is 0.811. The third-order valence-electron chi connectivity index (χ3n) is 3.64. The molecule has 0 spiro atoms. The van der Waals surface area contributed by atoms with Crippen LogP contribution in [0.25, 0.3) is 0 Å². The maximum Gasteiger partial charge on any atom is 0.244 e. The van der Waals surface area contributed by atoms with Crippen molar-refractivity contribution in [3.05, 3.63) is 36.1 Å². The Kier molecular flexibility index (Phi) is 5.32. The zero-order valence-corrected chi connectivity index (χ0v) is 13.6. The van der Waals surface area contributed by atoms with Crippen LogP contribution in [0.15, 0.2) is 34.9 Å². The molecule has 7 nitrogen and oxygen atoms in total. The molecule has 1 aliphatic heterocycles. The molecule has 1 fully saturated rings. The van der Waals surface area contributed by atoms with Gasteiger partial charge in [0.05, 0.1) is 12.6 Å². The first-order chi connectivity index (χ1) is 11.7. The molecule has 3 rings (SSSR count). The first-order valence-electron chi connectivity index (χ1n) is 8.00. The van der Waals surface area contributed by atoms with E-state index >= 15 is 0 Å². The highest BCUT2D eigenvalue weighted by molar-refractivity contribution is 5.92. The molecular formula is C17H21N3O4. The van der Waals surface area contributed by atoms with Gasteiger partial charge in [-0.15, -0.1) is 0 Å². The molecule has 0 radical (unpaired) electrons. The molecule has 7 heteroatoms. The smallest absolute Gasteiger partial charge is 0.244 e. The predicted octanol–water partition coefficient (Wildman–Crippen LogP) is 2.59. The minimum Gasteiger partial charge on any atom is -0.491 e. The number of nitrogens with one attached hydrogen (secondary N) is 2. The number of rotatable bonds is 7. The van der Waals surface area contributed by atoms with E-state index in [1.165, 1.54) is 0 Å². The van der Waals surface area contributed by atoms with Crippen LogP contribution in [0.2, 0.25) is 0 Å². The van der Waals surface area contributed by atoms with Gasteiger partial charge in [0.25, 0.3) is 0 Å². The third-order valence-corrected chi connectivity index (χ3v) is 3.64. The summed E-state index contributed by atoms with van der Waals surface area (Å²) in [7, 11) is 0. The number of anilines is 2. The summed E-state index contributed by atoms with van der Waals surface area (Å²) in [6.07, 6.45) is 2.31. The standard InChI is InChI=1S/C17H21N3O4/c1-12-8-16(20-24-12)19-17(21)10-18-13-4-2-5-14(9-13)23-11-15-6-3-7-22-15/h2,4-5,8-9,15,18H,3,6-7,10-11H2,1H3,(H,19,20,21). The van der Waals surface area contributed by atoms with E-state index in [-0.39, 0.29) is 18.6 Å². The molecule has 1 aliphatic rings. The van der Waals surface area contributed by atoms with Crippen molar-refractivity contribution in [2.75, 3.05) is 30.4 Å². The summed E-state index contributed by atoms with van der Waals surface area (Å²) in [6.45, 7) is 3.26. The van der Waals surface area contributed by atoms with Gasteiger partial charge < -0.3 is 24.6 Å². The van der Waals surface area contributed by atoms with Gasteiger partial charge in [0, 0.05) is 24.4 Å². The maximum atomic E-state index is 11.9. The first-order valence-corrected chi connectivity index (χ1v) is 8.00. The van der Waals surface area contributed by atoms with Crippen molar-refractivity contribution in [3.8, 4) is 5.75 Å². The van der Waals surface area contributed by atoms with Gasteiger partial charge in [-0.3, -0.25) is 4.79 Å². The van der Waals surface area contributed by atoms with Crippen molar-refractivity contribution in [3.63, 3.8) is 0 Å². The number of hydrogen-bond donors (Lipinski definition) is 2. The van der Waals surface area contributed by atoms with Crippen LogP contribution in [0.5, 0.6) is 5.75 Å². The van der Waals surface area contributed by atoms with Crippen molar-refractivity contribution in [1.29, 1.82) is 0 Å². The maximum absolute atomic E-state index is 11.9. The lowest BCUT2D eigenvalue weighted by molar-refractivity contribution is -0.114. The monoisotopic (exact) mass is 331 g/mol. The fourth-order valence-electron chi connectivity index (χ4n) is 2.46. The summed E-state index contributed by atoms with van der Waals surface area (Å²) in [5.74, 6) is 1.61. The molecule has 0 saturated carbocycles. The van der Waals surface area contributed by atoms with Crippen LogP contribution in [-0.4, -0.2) is 36.9 Å². The van der Waals surface area contributed by atoms with E-state index in [9.17, 15) is 4.79 Å². The predicted molar refractivity (Wildman–Crippen MR) is 89.3 cm³/mol. The molecular weight excluding hydrogens is 310 g/mol. The number of amides is 1. The van der Waals surface area contributed by atoms with Gasteiger partial charge in [0.2, 0.25) is 5.91 Å². The average Bonchev–Trinajstić information content (AvgIpc) is 3.23. The molecule has 1 unspecified atom stereocenters. The van der Waals surface area contributed by atoms with E-state index in [4.69, 9.17) is 14.0 Å². The van der Waals surface area contributed by atoms with Crippen LogP contribution >= 0.6 is 0 Å². The van der Waals surface area contributed by atoms with E-state index in [1.54, 1.807) is 13.0 Å². The van der Waals surface area contributed by atoms with Gasteiger partial charge in [0.15, 0.2) is 5.82 Å². The average molecular weight is 331 g/mol. The minimum atomic E-state index is -0.200. The molecule has 24 heavy (non-hydrogen) atoms. The Morgan fingerprint density at radius 1 is 1.42 bits per heavy atom. The second-order valence-corrected chi connectivity index (χ2v) is 5.70. The zero-order chi connectivity index (χ0) is 16.8. The van der Waals surface area contributed by atoms with Gasteiger partial charge in [-0.2, -0.15) is 0 Å². The number of aromatic nitrogens is 1. The van der Waals surface area contributed by atoms with Crippen LogP contribution in [0.3, 0.4) is 0 Å². The van der Waals surface area contributed by atoms with Crippen molar-refractivity contribution < 1.29 is 18.8 Å². The Labute approximate surface area is 140 Å². The van der Waals surface area contributed by atoms with Crippen LogP contribution < -0.4 is 15.4 Å². The second-order valence-electron chi connectivity index (χ2n) is 5.70. The largest absolute Gasteiger partial charge is 0.491 e. The van der Waals surface area contributed by atoms with E-state index in [0.29, 0.717) is 18.2 Å². The van der Waals surface area contributed by atoms with Gasteiger partial charge in [-0.1, -0.05) is 11.2 Å². The summed E-state index contributed by atoms with van der Waals surface area (Å²) >= 11 is 0. The lowest BCUT2D eigenvalue weighted by atomic mass is 10.2. The van der Waals surface area contributed by atoms with E-state index in [1.807, 2.05) is 24.3 Å². The Morgan fingerprint density at radius 2 is 2.33 bits per heavy atom. The number of hydrogen-bond acceptors (Lipinski definition) is 6. The lowest BCUT2D eigenvalue weighted by Gasteiger charge is -2.12. The topological polar surface area (TPSA) is 85.6 Å². The Morgan fingerprint density at radius 3 is 3.08 bits per heavy atom. The van der Waals surface area contributed by atoms with Crippen LogP contribution in [0.1, 0.15) is 18.6 Å². The second kappa shape index (κ2) is 7.83. The Hall–Kier alpha value is -2.54.